The van der Waals surface area contributed by atoms with Gasteiger partial charge in [0, 0.05) is 25.0 Å². The number of carbonyl (C=O) groups excluding carboxylic acids is 2. The van der Waals surface area contributed by atoms with Gasteiger partial charge in [0.15, 0.2) is 16.7 Å². The van der Waals surface area contributed by atoms with E-state index in [0.717, 1.165) is 28.0 Å². The molecule has 1 aliphatic rings. The van der Waals surface area contributed by atoms with Gasteiger partial charge in [-0.3, -0.25) is 14.5 Å². The maximum Gasteiger partial charge on any atom is 0.293 e. The number of anilines is 2. The number of halogens is 2. The van der Waals surface area contributed by atoms with Crippen molar-refractivity contribution in [2.24, 2.45) is 0 Å². The quantitative estimate of drug-likeness (QED) is 0.405. The van der Waals surface area contributed by atoms with Crippen LogP contribution in [0.1, 0.15) is 24.2 Å². The van der Waals surface area contributed by atoms with Crippen molar-refractivity contribution in [2.45, 2.75) is 13.0 Å². The third-order valence-corrected chi connectivity index (χ3v) is 7.07. The zero-order chi connectivity index (χ0) is 24.6. The molecule has 4 N–H and O–H groups in total. The number of ether oxygens (including phenoxy) is 2. The minimum atomic E-state index is -0.785. The van der Waals surface area contributed by atoms with Crippen LogP contribution >= 0.6 is 39.0 Å². The van der Waals surface area contributed by atoms with Crippen molar-refractivity contribution < 1.29 is 23.5 Å². The fourth-order valence-electron chi connectivity index (χ4n) is 2.82. The van der Waals surface area contributed by atoms with E-state index in [4.69, 9.17) is 20.9 Å². The van der Waals surface area contributed by atoms with Crippen molar-refractivity contribution in [3.8, 4) is 16.6 Å². The number of rotatable bonds is 6. The second-order valence-corrected chi connectivity index (χ2v) is 9.73. The van der Waals surface area contributed by atoms with E-state index in [1.165, 1.54) is 37.8 Å². The highest BCUT2D eigenvalue weighted by Crippen LogP contribution is 2.44. The number of nitrogens with zero attached hydrogens (tertiary/aromatic N) is 4. The summed E-state index contributed by atoms with van der Waals surface area (Å²) in [6, 6.07) is 1.49. The van der Waals surface area contributed by atoms with Crippen LogP contribution in [0.5, 0.6) is 16.6 Å². The summed E-state index contributed by atoms with van der Waals surface area (Å²) in [6.07, 6.45) is 5.13. The highest BCUT2D eigenvalue weighted by atomic mass is 79.9. The summed E-state index contributed by atoms with van der Waals surface area (Å²) in [6.45, 7) is 1.71. The van der Waals surface area contributed by atoms with E-state index in [2.05, 4.69) is 30.9 Å². The molecule has 3 heterocycles. The molecule has 1 saturated heterocycles. The Morgan fingerprint density at radius 2 is 1.91 bits per heavy atom. The summed E-state index contributed by atoms with van der Waals surface area (Å²) < 4.78 is 27.2. The summed E-state index contributed by atoms with van der Waals surface area (Å²) in [7, 11) is 1.37. The van der Waals surface area contributed by atoms with Crippen LogP contribution in [0.4, 0.5) is 20.3 Å². The zero-order valence-electron chi connectivity index (χ0n) is 17.6. The van der Waals surface area contributed by atoms with E-state index in [0.29, 0.717) is 5.56 Å². The van der Waals surface area contributed by atoms with E-state index in [-0.39, 0.29) is 42.6 Å². The van der Waals surface area contributed by atoms with Gasteiger partial charge >= 0.3 is 0 Å². The lowest BCUT2D eigenvalue weighted by atomic mass is 10.1. The Kier molecular flexibility index (Phi) is 6.72. The number of nitrogens with two attached hydrogens (primary N) is 2. The van der Waals surface area contributed by atoms with Crippen molar-refractivity contribution in [3.05, 3.63) is 51.0 Å². The Morgan fingerprint density at radius 3 is 2.50 bits per heavy atom. The summed E-state index contributed by atoms with van der Waals surface area (Å²) >= 11 is 4.99. The second kappa shape index (κ2) is 9.56. The largest absolute Gasteiger partial charge is 0.482 e. The first kappa shape index (κ1) is 23.9. The molecule has 1 fully saturated rings. The van der Waals surface area contributed by atoms with Crippen LogP contribution in [-0.2, 0) is 4.79 Å². The fourth-order valence-corrected chi connectivity index (χ4v) is 4.58. The smallest absolute Gasteiger partial charge is 0.293 e. The van der Waals surface area contributed by atoms with Crippen molar-refractivity contribution >= 4 is 67.3 Å². The SMILES string of the molecule is CC(Oc1cc(/C=C2\SC(=O)N(C)C2=O)c(Br)c(F)c1Oc1cnc(N)s1)c1cnc(N)nc1. The molecular formula is C20H16BrFN6O4S2. The third kappa shape index (κ3) is 4.83. The van der Waals surface area contributed by atoms with Crippen LogP contribution in [-0.4, -0.2) is 38.0 Å². The molecule has 3 aromatic rings. The first-order valence-electron chi connectivity index (χ1n) is 9.50. The first-order valence-corrected chi connectivity index (χ1v) is 11.9. The lowest BCUT2D eigenvalue weighted by Crippen LogP contribution is -2.22. The number of hydrogen-bond donors (Lipinski definition) is 2. The van der Waals surface area contributed by atoms with Gasteiger partial charge in [0.05, 0.1) is 15.6 Å². The lowest BCUT2D eigenvalue weighted by molar-refractivity contribution is -0.121. The molecule has 176 valence electrons. The Morgan fingerprint density at radius 1 is 1.21 bits per heavy atom. The average molecular weight is 567 g/mol. The monoisotopic (exact) mass is 566 g/mol. The minimum Gasteiger partial charge on any atom is -0.482 e. The lowest BCUT2D eigenvalue weighted by Gasteiger charge is -2.19. The highest BCUT2D eigenvalue weighted by Gasteiger charge is 2.32. The molecule has 0 radical (unpaired) electrons. The number of hydrogen-bond acceptors (Lipinski definition) is 11. The van der Waals surface area contributed by atoms with Crippen LogP contribution in [0.2, 0.25) is 0 Å². The molecular weight excluding hydrogens is 551 g/mol. The summed E-state index contributed by atoms with van der Waals surface area (Å²) in [5.74, 6) is -1.37. The van der Waals surface area contributed by atoms with Gasteiger partial charge in [0.25, 0.3) is 11.1 Å². The fraction of sp³-hybridized carbons (Fsp3) is 0.150. The van der Waals surface area contributed by atoms with Crippen molar-refractivity contribution in [1.29, 1.82) is 0 Å². The van der Waals surface area contributed by atoms with Crippen molar-refractivity contribution in [3.63, 3.8) is 0 Å². The molecule has 1 aliphatic heterocycles. The normalized spacial score (nSPS) is 15.8. The zero-order valence-corrected chi connectivity index (χ0v) is 20.8. The Bertz CT molecular complexity index is 1320. The first-order chi connectivity index (χ1) is 16.1. The van der Waals surface area contributed by atoms with Gasteiger partial charge < -0.3 is 20.9 Å². The number of imide groups is 1. The molecule has 14 heteroatoms. The number of thiazole rings is 1. The molecule has 0 bridgehead atoms. The van der Waals surface area contributed by atoms with Gasteiger partial charge in [0.2, 0.25) is 16.8 Å². The van der Waals surface area contributed by atoms with Crippen molar-refractivity contribution in [1.82, 2.24) is 19.9 Å². The van der Waals surface area contributed by atoms with Gasteiger partial charge in [-0.15, -0.1) is 0 Å². The van der Waals surface area contributed by atoms with Crippen LogP contribution in [0, 0.1) is 5.82 Å². The van der Waals surface area contributed by atoms with E-state index in [1.807, 2.05) is 0 Å². The standard InChI is InChI=1S/C20H16BrFN6O4S2/c1-8(10-5-25-18(23)26-6-10)31-11-3-9(4-12-17(29)28(2)20(30)33-12)14(21)15(22)16(11)32-13-7-27-19(24)34-13/h3-8H,1-2H3,(H2,24,27)(H2,23,25,26)/b12-4-. The summed E-state index contributed by atoms with van der Waals surface area (Å²) in [5, 5.41) is 0.0664. The van der Waals surface area contributed by atoms with Crippen molar-refractivity contribution in [2.75, 3.05) is 18.5 Å². The van der Waals surface area contributed by atoms with E-state index in [9.17, 15) is 9.59 Å². The van der Waals surface area contributed by atoms with E-state index >= 15 is 4.39 Å². The molecule has 0 spiro atoms. The van der Waals surface area contributed by atoms with Gasteiger partial charge in [-0.05, 0) is 52.3 Å². The third-order valence-electron chi connectivity index (χ3n) is 4.60. The predicted octanol–water partition coefficient (Wildman–Crippen LogP) is 4.60. The number of aromatic nitrogens is 3. The number of thioether (sulfide) groups is 1. The van der Waals surface area contributed by atoms with Crippen LogP contribution in [0.3, 0.4) is 0 Å². The molecule has 1 atom stereocenters. The molecule has 1 unspecified atom stereocenters. The maximum atomic E-state index is 15.5. The average Bonchev–Trinajstić information content (AvgIpc) is 3.32. The molecule has 10 nitrogen and oxygen atoms in total. The predicted molar refractivity (Wildman–Crippen MR) is 130 cm³/mol. The number of carbonyl (C=O) groups is 2. The summed E-state index contributed by atoms with van der Waals surface area (Å²) in [4.78, 5) is 37.1. The Balaban J connectivity index is 1.77. The number of amides is 2. The maximum absolute atomic E-state index is 15.5. The molecule has 0 aliphatic carbocycles. The molecule has 34 heavy (non-hydrogen) atoms. The molecule has 2 amide bonds. The number of benzene rings is 1. The Hall–Kier alpha value is -3.23. The minimum absolute atomic E-state index is 0.0127. The number of nitrogen functional groups attached to an aromatic ring is 2. The van der Waals surface area contributed by atoms with Crippen LogP contribution < -0.4 is 20.9 Å². The highest BCUT2D eigenvalue weighted by molar-refractivity contribution is 9.10. The number of likely N-dealkylation sites (N-methyl/N-ethyl adjacent to an activating group) is 1. The summed E-state index contributed by atoms with van der Waals surface area (Å²) in [5.41, 5.74) is 12.0. The van der Waals surface area contributed by atoms with Gasteiger partial charge in [-0.1, -0.05) is 11.3 Å². The van der Waals surface area contributed by atoms with Crippen LogP contribution in [0.15, 0.2) is 34.0 Å². The molecule has 0 saturated carbocycles. The topological polar surface area (TPSA) is 147 Å². The van der Waals surface area contributed by atoms with Gasteiger partial charge in [0.1, 0.15) is 6.10 Å². The molecule has 4 rings (SSSR count). The Labute approximate surface area is 209 Å². The van der Waals surface area contributed by atoms with Gasteiger partial charge in [-0.2, -0.15) is 0 Å². The van der Waals surface area contributed by atoms with Gasteiger partial charge in [-0.25, -0.2) is 19.3 Å². The van der Waals surface area contributed by atoms with Crippen LogP contribution in [0.25, 0.3) is 6.08 Å². The van der Waals surface area contributed by atoms with E-state index < -0.39 is 23.1 Å². The second-order valence-electron chi connectivity index (χ2n) is 6.92. The molecule has 2 aromatic heterocycles. The van der Waals surface area contributed by atoms with E-state index in [1.54, 1.807) is 6.92 Å². The molecule has 1 aromatic carbocycles.